The van der Waals surface area contributed by atoms with Crippen LogP contribution in [-0.2, 0) is 9.47 Å². The summed E-state index contributed by atoms with van der Waals surface area (Å²) in [6, 6.07) is 6.15. The lowest BCUT2D eigenvalue weighted by Crippen LogP contribution is -2.33. The van der Waals surface area contributed by atoms with Gasteiger partial charge in [-0.05, 0) is 11.4 Å². The number of rotatable bonds is 6. The van der Waals surface area contributed by atoms with Crippen LogP contribution in [0.1, 0.15) is 20.0 Å². The molecular weight excluding hydrogens is 444 g/mol. The molecule has 0 radical (unpaired) electrons. The Hall–Kier alpha value is -3.55. The van der Waals surface area contributed by atoms with Crippen molar-refractivity contribution in [2.45, 2.75) is 12.4 Å². The van der Waals surface area contributed by atoms with Crippen LogP contribution < -0.4 is 5.43 Å². The molecule has 5 atom stereocenters. The highest BCUT2D eigenvalue weighted by Crippen LogP contribution is 2.57. The van der Waals surface area contributed by atoms with E-state index in [2.05, 4.69) is 10.5 Å². The zero-order valence-corrected chi connectivity index (χ0v) is 16.9. The SMILES string of the molecule is O=C(N/N=C1/[C@@H]2OC[C@H](O2)[C@H]2[C@@H](C(=O)c3cccs3)[C@@H]12)c1cc([N+](=O)[O-])cc([N+](=O)[O-])c1. The molecule has 2 aliphatic heterocycles. The minimum atomic E-state index is -0.872. The van der Waals surface area contributed by atoms with E-state index in [1.807, 2.05) is 5.38 Å². The molecule has 12 nitrogen and oxygen atoms in total. The minimum Gasteiger partial charge on any atom is -0.344 e. The minimum absolute atomic E-state index is 0.0144. The molecule has 0 unspecified atom stereocenters. The summed E-state index contributed by atoms with van der Waals surface area (Å²) in [5.74, 6) is -1.59. The van der Waals surface area contributed by atoms with Crippen molar-refractivity contribution in [3.05, 3.63) is 66.4 Å². The summed E-state index contributed by atoms with van der Waals surface area (Å²) in [5.41, 5.74) is 1.14. The van der Waals surface area contributed by atoms with E-state index in [0.29, 0.717) is 17.2 Å². The molecule has 1 aromatic carbocycles. The second kappa shape index (κ2) is 7.55. The van der Waals surface area contributed by atoms with Gasteiger partial charge in [0.05, 0.1) is 44.8 Å². The Kier molecular flexibility index (Phi) is 4.80. The highest BCUT2D eigenvalue weighted by molar-refractivity contribution is 7.12. The summed E-state index contributed by atoms with van der Waals surface area (Å²) >= 11 is 1.35. The van der Waals surface area contributed by atoms with Gasteiger partial charge >= 0.3 is 0 Å². The highest BCUT2D eigenvalue weighted by Gasteiger charge is 2.67. The number of nitrogens with one attached hydrogen (secondary N) is 1. The van der Waals surface area contributed by atoms with E-state index >= 15 is 0 Å². The van der Waals surface area contributed by atoms with Crippen LogP contribution in [0.25, 0.3) is 0 Å². The van der Waals surface area contributed by atoms with Crippen LogP contribution >= 0.6 is 11.3 Å². The van der Waals surface area contributed by atoms with Crippen molar-refractivity contribution in [1.29, 1.82) is 0 Å². The Bertz CT molecular complexity index is 1150. The van der Waals surface area contributed by atoms with E-state index in [1.165, 1.54) is 11.3 Å². The molecule has 1 aromatic heterocycles. The number of hydrogen-bond acceptors (Lipinski definition) is 10. The third kappa shape index (κ3) is 3.36. The number of ether oxygens (including phenoxy) is 2. The molecule has 0 spiro atoms. The summed E-state index contributed by atoms with van der Waals surface area (Å²) in [5, 5.41) is 28.0. The van der Waals surface area contributed by atoms with Gasteiger partial charge in [0.2, 0.25) is 0 Å². The molecule has 13 heteroatoms. The van der Waals surface area contributed by atoms with Crippen LogP contribution in [0.4, 0.5) is 11.4 Å². The molecular formula is C19H14N4O8S. The first-order valence-corrected chi connectivity index (χ1v) is 10.4. The van der Waals surface area contributed by atoms with Crippen LogP contribution in [0.3, 0.4) is 0 Å². The number of hydrazone groups is 1. The molecule has 32 heavy (non-hydrogen) atoms. The Labute approximate surface area is 183 Å². The second-order valence-corrected chi connectivity index (χ2v) is 8.49. The fourth-order valence-electron chi connectivity index (χ4n) is 4.28. The smallest absolute Gasteiger partial charge is 0.277 e. The third-order valence-electron chi connectivity index (χ3n) is 5.74. The van der Waals surface area contributed by atoms with Gasteiger partial charge in [0.15, 0.2) is 12.1 Å². The van der Waals surface area contributed by atoms with E-state index in [4.69, 9.17) is 9.47 Å². The van der Waals surface area contributed by atoms with Gasteiger partial charge in [-0.3, -0.25) is 29.8 Å². The maximum Gasteiger partial charge on any atom is 0.277 e. The van der Waals surface area contributed by atoms with Crippen molar-refractivity contribution in [2.24, 2.45) is 22.9 Å². The Morgan fingerprint density at radius 2 is 1.88 bits per heavy atom. The normalized spacial score (nSPS) is 28.8. The molecule has 3 heterocycles. The van der Waals surface area contributed by atoms with Crippen LogP contribution in [0.5, 0.6) is 0 Å². The number of nitro groups is 2. The quantitative estimate of drug-likeness (QED) is 0.391. The molecule has 2 aromatic rings. The van der Waals surface area contributed by atoms with Gasteiger partial charge in [-0.15, -0.1) is 11.3 Å². The Morgan fingerprint density at radius 1 is 1.16 bits per heavy atom. The van der Waals surface area contributed by atoms with Gasteiger partial charge in [0, 0.05) is 29.9 Å². The van der Waals surface area contributed by atoms with Gasteiger partial charge in [-0.25, -0.2) is 5.43 Å². The molecule has 5 rings (SSSR count). The molecule has 2 bridgehead atoms. The molecule has 1 aliphatic carbocycles. The predicted molar refractivity (Wildman–Crippen MR) is 108 cm³/mol. The van der Waals surface area contributed by atoms with Crippen molar-refractivity contribution < 1.29 is 28.9 Å². The third-order valence-corrected chi connectivity index (χ3v) is 6.62. The summed E-state index contributed by atoms with van der Waals surface area (Å²) < 4.78 is 11.3. The number of hydrogen-bond donors (Lipinski definition) is 1. The van der Waals surface area contributed by atoms with Gasteiger partial charge in [0.25, 0.3) is 17.3 Å². The van der Waals surface area contributed by atoms with Crippen molar-refractivity contribution in [3.63, 3.8) is 0 Å². The van der Waals surface area contributed by atoms with E-state index in [-0.39, 0.29) is 35.2 Å². The first-order valence-electron chi connectivity index (χ1n) is 9.51. The van der Waals surface area contributed by atoms with Crippen LogP contribution in [-0.4, -0.2) is 46.2 Å². The zero-order valence-electron chi connectivity index (χ0n) is 16.1. The number of nitro benzene ring substituents is 2. The molecule has 1 amide bonds. The van der Waals surface area contributed by atoms with E-state index in [9.17, 15) is 29.8 Å². The van der Waals surface area contributed by atoms with Crippen molar-refractivity contribution in [2.75, 3.05) is 6.61 Å². The lowest BCUT2D eigenvalue weighted by Gasteiger charge is -2.18. The van der Waals surface area contributed by atoms with E-state index in [0.717, 1.165) is 18.2 Å². The topological polar surface area (TPSA) is 163 Å². The number of thiophene rings is 1. The summed E-state index contributed by atoms with van der Waals surface area (Å²) in [4.78, 5) is 46.5. The second-order valence-electron chi connectivity index (χ2n) is 7.54. The number of carbonyl (C=O) groups excluding carboxylic acids is 2. The van der Waals surface area contributed by atoms with E-state index < -0.39 is 33.4 Å². The monoisotopic (exact) mass is 458 g/mol. The predicted octanol–water partition coefficient (Wildman–Crippen LogP) is 2.15. The Morgan fingerprint density at radius 3 is 2.50 bits per heavy atom. The molecule has 2 saturated heterocycles. The lowest BCUT2D eigenvalue weighted by atomic mass is 10.1. The largest absolute Gasteiger partial charge is 0.344 e. The summed E-state index contributed by atoms with van der Waals surface area (Å²) in [7, 11) is 0. The molecule has 3 fully saturated rings. The Balaban J connectivity index is 1.39. The standard InChI is InChI=1S/C19H14N4O8S/c24-17(12-2-1-3-32-12)15-13-11-7-30-19(31-11)16(14(13)15)20-21-18(25)8-4-9(22(26)27)6-10(5-8)23(28)29/h1-6,11,13-15,19H,7H2,(H,21,25)/b20-16+/t11-,13+,14-,15+,19+/m0/s1. The van der Waals surface area contributed by atoms with Gasteiger partial charge < -0.3 is 9.47 Å². The number of Topliss-reactive ketones (excluding diaryl/α,β-unsaturated/α-hetero) is 1. The number of carbonyl (C=O) groups is 2. The first kappa shape index (κ1) is 20.4. The molecule has 1 saturated carbocycles. The maximum absolute atomic E-state index is 12.9. The van der Waals surface area contributed by atoms with Gasteiger partial charge in [-0.2, -0.15) is 5.10 Å². The highest BCUT2D eigenvalue weighted by atomic mass is 32.1. The van der Waals surface area contributed by atoms with E-state index in [1.54, 1.807) is 12.1 Å². The number of nitrogens with zero attached hydrogens (tertiary/aromatic N) is 3. The molecule has 164 valence electrons. The number of non-ortho nitro benzene ring substituents is 2. The number of fused-ring (bicyclic) bond motifs is 4. The number of ketones is 1. The van der Waals surface area contributed by atoms with Gasteiger partial charge in [-0.1, -0.05) is 6.07 Å². The first-order chi connectivity index (χ1) is 15.3. The van der Waals surface area contributed by atoms with Crippen molar-refractivity contribution in [1.82, 2.24) is 5.43 Å². The summed E-state index contributed by atoms with van der Waals surface area (Å²) in [6.45, 7) is 0.310. The number of amides is 1. The average molecular weight is 458 g/mol. The summed E-state index contributed by atoms with van der Waals surface area (Å²) in [6.07, 6.45) is -1.03. The maximum atomic E-state index is 12.9. The van der Waals surface area contributed by atoms with Crippen LogP contribution in [0.2, 0.25) is 0 Å². The molecule has 3 aliphatic rings. The number of benzene rings is 1. The van der Waals surface area contributed by atoms with Crippen molar-refractivity contribution in [3.8, 4) is 0 Å². The van der Waals surface area contributed by atoms with Crippen LogP contribution in [0, 0.1) is 38.0 Å². The molecule has 1 N–H and O–H groups in total. The van der Waals surface area contributed by atoms with Crippen LogP contribution in [0.15, 0.2) is 40.8 Å². The zero-order chi connectivity index (χ0) is 22.6. The fourth-order valence-corrected chi connectivity index (χ4v) is 4.99. The van der Waals surface area contributed by atoms with Gasteiger partial charge in [0.1, 0.15) is 0 Å². The average Bonchev–Trinajstić information content (AvgIpc) is 3.12. The fraction of sp³-hybridized carbons (Fsp3) is 0.316. The van der Waals surface area contributed by atoms with Crippen molar-refractivity contribution >= 4 is 40.1 Å². The lowest BCUT2D eigenvalue weighted by molar-refractivity contribution is -0.394.